The number of amides is 1. The Morgan fingerprint density at radius 3 is 2.38 bits per heavy atom. The van der Waals surface area contributed by atoms with E-state index in [9.17, 15) is 4.79 Å². The molecule has 2 heterocycles. The summed E-state index contributed by atoms with van der Waals surface area (Å²) in [6, 6.07) is 14.0. The number of nitrogens with one attached hydrogen (secondary N) is 2. The van der Waals surface area contributed by atoms with Gasteiger partial charge in [0.05, 0.1) is 14.2 Å². The van der Waals surface area contributed by atoms with Gasteiger partial charge < -0.3 is 30.2 Å². The molecule has 0 saturated carbocycles. The first-order chi connectivity index (χ1) is 14.7. The number of hydrogen-bond acceptors (Lipinski definition) is 4. The first-order valence-corrected chi connectivity index (χ1v) is 10.5. The van der Waals surface area contributed by atoms with E-state index in [1.54, 1.807) is 26.4 Å². The van der Waals surface area contributed by atoms with E-state index in [2.05, 4.69) is 45.7 Å². The van der Waals surface area contributed by atoms with Gasteiger partial charge in [-0.05, 0) is 43.0 Å². The van der Waals surface area contributed by atoms with Crippen molar-refractivity contribution in [3.63, 3.8) is 0 Å². The van der Waals surface area contributed by atoms with Crippen LogP contribution in [0.2, 0.25) is 0 Å². The van der Waals surface area contributed by atoms with Gasteiger partial charge in [0.15, 0.2) is 0 Å². The molecule has 4 rings (SSSR count). The molecule has 1 fully saturated rings. The highest BCUT2D eigenvalue weighted by Gasteiger charge is 2.24. The van der Waals surface area contributed by atoms with Gasteiger partial charge in [0.25, 0.3) is 5.91 Å². The number of nitrogens with zero attached hydrogens (tertiary/aromatic N) is 1. The van der Waals surface area contributed by atoms with Crippen LogP contribution in [0.5, 0.6) is 11.5 Å². The fourth-order valence-corrected chi connectivity index (χ4v) is 4.25. The Morgan fingerprint density at radius 1 is 1.06 bits per heavy atom. The molecule has 1 aliphatic rings. The summed E-state index contributed by atoms with van der Waals surface area (Å²) in [5, 5.41) is 4.48. The predicted molar refractivity (Wildman–Crippen MR) is 129 cm³/mol. The molecule has 4 N–H and O–H groups in total. The van der Waals surface area contributed by atoms with Crippen LogP contribution < -0.4 is 14.8 Å². The van der Waals surface area contributed by atoms with E-state index in [0.29, 0.717) is 17.1 Å². The Balaban J connectivity index is 0.00000181. The highest BCUT2D eigenvalue weighted by Crippen LogP contribution is 2.28. The van der Waals surface area contributed by atoms with E-state index in [0.717, 1.165) is 38.9 Å². The number of halogens is 1. The van der Waals surface area contributed by atoms with Gasteiger partial charge in [0.1, 0.15) is 17.1 Å². The number of aromatic nitrogens is 1. The number of carbonyl (C=O) groups is 1. The fourth-order valence-electron chi connectivity index (χ4n) is 4.25. The van der Waals surface area contributed by atoms with Crippen molar-refractivity contribution in [1.29, 1.82) is 0 Å². The van der Waals surface area contributed by atoms with E-state index < -0.39 is 0 Å². The molecule has 0 unspecified atom stereocenters. The predicted octanol–water partition coefficient (Wildman–Crippen LogP) is 3.22. The van der Waals surface area contributed by atoms with Gasteiger partial charge in [0, 0.05) is 42.8 Å². The Hall–Kier alpha value is -2.74. The summed E-state index contributed by atoms with van der Waals surface area (Å²) in [7, 11) is 3.13. The largest absolute Gasteiger partial charge is 0.496 e. The van der Waals surface area contributed by atoms with Crippen LogP contribution in [0.25, 0.3) is 10.9 Å². The quantitative estimate of drug-likeness (QED) is 0.564. The standard InChI is InChI=1S/C24H29N3O3.ClH.H2O/c1-29-21-8-5-9-22(30-2)23(21)24(28)26-18-11-14-27(15-12-18)13-10-17-16-25-20-7-4-3-6-19(17)20;;/h3-9,16,18,25H,10-15H2,1-2H3,(H,26,28);1H;1H2. The first-order valence-electron chi connectivity index (χ1n) is 10.5. The lowest BCUT2D eigenvalue weighted by Crippen LogP contribution is -2.45. The molecule has 0 atom stereocenters. The van der Waals surface area contributed by atoms with Crippen LogP contribution >= 0.6 is 12.4 Å². The zero-order chi connectivity index (χ0) is 20.9. The average Bonchev–Trinajstić information content (AvgIpc) is 3.21. The number of para-hydroxylation sites is 1. The second-order valence-corrected chi connectivity index (χ2v) is 7.74. The molecular formula is C24H32ClN3O4. The SMILES string of the molecule is COc1cccc(OC)c1C(=O)NC1CCN(CCc2c[nH]c3ccccc23)CC1.Cl.O. The Kier molecular flexibility index (Phi) is 9.38. The molecule has 32 heavy (non-hydrogen) atoms. The minimum Gasteiger partial charge on any atom is -0.496 e. The van der Waals surface area contributed by atoms with Crippen molar-refractivity contribution in [2.75, 3.05) is 33.9 Å². The van der Waals surface area contributed by atoms with Crippen molar-refractivity contribution in [2.24, 2.45) is 0 Å². The molecule has 7 nitrogen and oxygen atoms in total. The van der Waals surface area contributed by atoms with E-state index >= 15 is 0 Å². The summed E-state index contributed by atoms with van der Waals surface area (Å²) in [6.45, 7) is 3.00. The second kappa shape index (κ2) is 11.8. The third-order valence-electron chi connectivity index (χ3n) is 5.95. The molecule has 2 aromatic carbocycles. The van der Waals surface area contributed by atoms with E-state index in [1.165, 1.54) is 16.5 Å². The number of hydrogen-bond donors (Lipinski definition) is 2. The maximum absolute atomic E-state index is 12.9. The van der Waals surface area contributed by atoms with E-state index in [-0.39, 0.29) is 29.8 Å². The molecule has 0 bridgehead atoms. The molecular weight excluding hydrogens is 430 g/mol. The number of rotatable bonds is 7. The highest BCUT2D eigenvalue weighted by atomic mass is 35.5. The van der Waals surface area contributed by atoms with Gasteiger partial charge in [-0.15, -0.1) is 12.4 Å². The van der Waals surface area contributed by atoms with Gasteiger partial charge in [-0.2, -0.15) is 0 Å². The lowest BCUT2D eigenvalue weighted by molar-refractivity contribution is 0.0905. The normalized spacial score (nSPS) is 14.3. The summed E-state index contributed by atoms with van der Waals surface area (Å²) in [6.07, 6.45) is 5.03. The molecule has 174 valence electrons. The van der Waals surface area contributed by atoms with Crippen molar-refractivity contribution in [3.05, 3.63) is 59.8 Å². The average molecular weight is 462 g/mol. The molecule has 0 radical (unpaired) electrons. The van der Waals surface area contributed by atoms with Gasteiger partial charge in [-0.25, -0.2) is 0 Å². The lowest BCUT2D eigenvalue weighted by Gasteiger charge is -2.32. The first kappa shape index (κ1) is 25.5. The molecule has 1 saturated heterocycles. The molecule has 1 aromatic heterocycles. The molecule has 3 aromatic rings. The molecule has 0 aliphatic carbocycles. The maximum Gasteiger partial charge on any atom is 0.259 e. The number of aromatic amines is 1. The van der Waals surface area contributed by atoms with Crippen LogP contribution in [0.1, 0.15) is 28.8 Å². The van der Waals surface area contributed by atoms with Crippen LogP contribution in [0.4, 0.5) is 0 Å². The molecule has 1 amide bonds. The third kappa shape index (κ3) is 5.54. The number of H-pyrrole nitrogens is 1. The van der Waals surface area contributed by atoms with Crippen molar-refractivity contribution in [3.8, 4) is 11.5 Å². The van der Waals surface area contributed by atoms with E-state index in [4.69, 9.17) is 9.47 Å². The number of fused-ring (bicyclic) bond motifs is 1. The number of piperidine rings is 1. The van der Waals surface area contributed by atoms with Crippen molar-refractivity contribution in [1.82, 2.24) is 15.2 Å². The Bertz CT molecular complexity index is 993. The topological polar surface area (TPSA) is 98.1 Å². The minimum absolute atomic E-state index is 0. The Labute approximate surface area is 194 Å². The highest BCUT2D eigenvalue weighted by molar-refractivity contribution is 5.99. The van der Waals surface area contributed by atoms with Crippen LogP contribution in [0.3, 0.4) is 0 Å². The smallest absolute Gasteiger partial charge is 0.259 e. The fraction of sp³-hybridized carbons (Fsp3) is 0.375. The third-order valence-corrected chi connectivity index (χ3v) is 5.95. The van der Waals surface area contributed by atoms with E-state index in [1.807, 2.05) is 6.07 Å². The van der Waals surface area contributed by atoms with Crippen molar-refractivity contribution < 1.29 is 19.7 Å². The number of methoxy groups -OCH3 is 2. The van der Waals surface area contributed by atoms with Crippen LogP contribution in [0.15, 0.2) is 48.7 Å². The van der Waals surface area contributed by atoms with Crippen LogP contribution in [0, 0.1) is 0 Å². The van der Waals surface area contributed by atoms with Crippen molar-refractivity contribution >= 4 is 29.2 Å². The van der Waals surface area contributed by atoms with Crippen LogP contribution in [-0.2, 0) is 6.42 Å². The molecule has 0 spiro atoms. The van der Waals surface area contributed by atoms with Gasteiger partial charge in [-0.3, -0.25) is 4.79 Å². The lowest BCUT2D eigenvalue weighted by atomic mass is 10.0. The Morgan fingerprint density at radius 2 is 1.72 bits per heavy atom. The number of carbonyl (C=O) groups excluding carboxylic acids is 1. The minimum atomic E-state index is -0.137. The second-order valence-electron chi connectivity index (χ2n) is 7.74. The summed E-state index contributed by atoms with van der Waals surface area (Å²) < 4.78 is 10.7. The zero-order valence-electron chi connectivity index (χ0n) is 18.5. The summed E-state index contributed by atoms with van der Waals surface area (Å²) in [5.41, 5.74) is 3.02. The van der Waals surface area contributed by atoms with Crippen LogP contribution in [-0.4, -0.2) is 61.2 Å². The zero-order valence-corrected chi connectivity index (χ0v) is 19.3. The van der Waals surface area contributed by atoms with Gasteiger partial charge >= 0.3 is 0 Å². The number of benzene rings is 2. The number of ether oxygens (including phenoxy) is 2. The summed E-state index contributed by atoms with van der Waals surface area (Å²) >= 11 is 0. The van der Waals surface area contributed by atoms with Crippen molar-refractivity contribution in [2.45, 2.75) is 25.3 Å². The van der Waals surface area contributed by atoms with Gasteiger partial charge in [-0.1, -0.05) is 24.3 Å². The molecule has 8 heteroatoms. The number of likely N-dealkylation sites (tertiary alicyclic amines) is 1. The summed E-state index contributed by atoms with van der Waals surface area (Å²) in [5.74, 6) is 0.924. The maximum atomic E-state index is 12.9. The summed E-state index contributed by atoms with van der Waals surface area (Å²) in [4.78, 5) is 18.7. The molecule has 1 aliphatic heterocycles. The van der Waals surface area contributed by atoms with Gasteiger partial charge in [0.2, 0.25) is 0 Å². The monoisotopic (exact) mass is 461 g/mol.